The summed E-state index contributed by atoms with van der Waals surface area (Å²) in [5.41, 5.74) is 1.75. The predicted octanol–water partition coefficient (Wildman–Crippen LogP) is 3.27. The highest BCUT2D eigenvalue weighted by molar-refractivity contribution is 7.21. The summed E-state index contributed by atoms with van der Waals surface area (Å²) in [6.07, 6.45) is 6.75. The van der Waals surface area contributed by atoms with Crippen molar-refractivity contribution in [2.75, 3.05) is 19.7 Å². The number of fused-ring (bicyclic) bond motifs is 3. The first kappa shape index (κ1) is 17.5. The van der Waals surface area contributed by atoms with Gasteiger partial charge in [0.15, 0.2) is 0 Å². The van der Waals surface area contributed by atoms with Crippen LogP contribution in [-0.2, 0) is 11.2 Å². The highest BCUT2D eigenvalue weighted by Crippen LogP contribution is 2.33. The molecule has 138 valence electrons. The van der Waals surface area contributed by atoms with Gasteiger partial charge in [0.2, 0.25) is 0 Å². The molecule has 0 unspecified atom stereocenters. The molecule has 1 atom stereocenters. The van der Waals surface area contributed by atoms with Crippen LogP contribution in [0.3, 0.4) is 0 Å². The zero-order chi connectivity index (χ0) is 17.9. The van der Waals surface area contributed by atoms with Crippen LogP contribution in [0.25, 0.3) is 10.1 Å². The summed E-state index contributed by atoms with van der Waals surface area (Å²) in [4.78, 5) is 25.2. The van der Waals surface area contributed by atoms with Crippen molar-refractivity contribution in [2.24, 2.45) is 0 Å². The first-order chi connectivity index (χ1) is 12.7. The van der Waals surface area contributed by atoms with Crippen molar-refractivity contribution in [3.05, 3.63) is 34.2 Å². The van der Waals surface area contributed by atoms with Gasteiger partial charge < -0.3 is 15.4 Å². The van der Waals surface area contributed by atoms with E-state index in [2.05, 4.69) is 10.6 Å². The van der Waals surface area contributed by atoms with Crippen molar-refractivity contribution in [3.63, 3.8) is 0 Å². The normalized spacial score (nSPS) is 19.4. The van der Waals surface area contributed by atoms with Gasteiger partial charge in [-0.2, -0.15) is 0 Å². The van der Waals surface area contributed by atoms with E-state index in [-0.39, 0.29) is 11.8 Å². The standard InChI is InChI=1S/C20H24N2O3S/c23-19(21-9-2-1-4-14-5-3-11-25-14)13-6-7-17-16(12-13)15-8-10-22-20(24)18(15)26-17/h6-7,12,14H,1-5,8-11H2,(H,21,23)(H,22,24)/t14-/m0/s1. The Bertz CT molecular complexity index is 824. The lowest BCUT2D eigenvalue weighted by atomic mass is 10.0. The van der Waals surface area contributed by atoms with E-state index in [1.165, 1.54) is 24.2 Å². The Kier molecular flexibility index (Phi) is 5.22. The van der Waals surface area contributed by atoms with Gasteiger partial charge in [0.25, 0.3) is 11.8 Å². The van der Waals surface area contributed by atoms with Crippen LogP contribution in [0.4, 0.5) is 0 Å². The summed E-state index contributed by atoms with van der Waals surface area (Å²) in [7, 11) is 0. The summed E-state index contributed by atoms with van der Waals surface area (Å²) >= 11 is 1.51. The molecule has 26 heavy (non-hydrogen) atoms. The van der Waals surface area contributed by atoms with E-state index in [1.54, 1.807) is 0 Å². The Balaban J connectivity index is 1.35. The molecule has 1 aromatic carbocycles. The van der Waals surface area contributed by atoms with E-state index in [9.17, 15) is 9.59 Å². The van der Waals surface area contributed by atoms with Gasteiger partial charge in [0.1, 0.15) is 0 Å². The van der Waals surface area contributed by atoms with Gasteiger partial charge in [-0.25, -0.2) is 0 Å². The summed E-state index contributed by atoms with van der Waals surface area (Å²) in [5, 5.41) is 6.94. The van der Waals surface area contributed by atoms with Gasteiger partial charge in [0.05, 0.1) is 11.0 Å². The topological polar surface area (TPSA) is 67.4 Å². The number of nitrogens with one attached hydrogen (secondary N) is 2. The number of benzene rings is 1. The minimum atomic E-state index is -0.0378. The van der Waals surface area contributed by atoms with Crippen molar-refractivity contribution in [1.82, 2.24) is 10.6 Å². The van der Waals surface area contributed by atoms with Crippen LogP contribution in [-0.4, -0.2) is 37.6 Å². The van der Waals surface area contributed by atoms with Crippen molar-refractivity contribution >= 4 is 33.2 Å². The van der Waals surface area contributed by atoms with E-state index < -0.39 is 0 Å². The summed E-state index contributed by atoms with van der Waals surface area (Å²) < 4.78 is 6.69. The third-order valence-electron chi connectivity index (χ3n) is 5.18. The van der Waals surface area contributed by atoms with Crippen LogP contribution in [0.15, 0.2) is 18.2 Å². The molecular weight excluding hydrogens is 348 g/mol. The van der Waals surface area contributed by atoms with Gasteiger partial charge in [0, 0.05) is 30.0 Å². The van der Waals surface area contributed by atoms with E-state index in [4.69, 9.17) is 4.74 Å². The molecule has 2 N–H and O–H groups in total. The van der Waals surface area contributed by atoms with Gasteiger partial charge >= 0.3 is 0 Å². The monoisotopic (exact) mass is 372 g/mol. The molecule has 2 aliphatic heterocycles. The molecule has 1 aromatic heterocycles. The Labute approximate surface area is 157 Å². The second-order valence-corrected chi connectivity index (χ2v) is 8.07. The third-order valence-corrected chi connectivity index (χ3v) is 6.39. The molecule has 2 aliphatic rings. The first-order valence-electron chi connectivity index (χ1n) is 9.46. The zero-order valence-corrected chi connectivity index (χ0v) is 15.6. The maximum Gasteiger partial charge on any atom is 0.261 e. The maximum absolute atomic E-state index is 12.5. The lowest BCUT2D eigenvalue weighted by Crippen LogP contribution is -2.30. The molecule has 0 spiro atoms. The molecule has 4 rings (SSSR count). The average molecular weight is 372 g/mol. The van der Waals surface area contributed by atoms with Gasteiger partial charge in [-0.1, -0.05) is 0 Å². The van der Waals surface area contributed by atoms with Crippen molar-refractivity contribution in [1.29, 1.82) is 0 Å². The number of unbranched alkanes of at least 4 members (excludes halogenated alkanes) is 1. The lowest BCUT2D eigenvalue weighted by Gasteiger charge is -2.12. The highest BCUT2D eigenvalue weighted by atomic mass is 32.1. The van der Waals surface area contributed by atoms with Gasteiger partial charge in [-0.05, 0) is 67.7 Å². The van der Waals surface area contributed by atoms with E-state index >= 15 is 0 Å². The molecule has 2 amide bonds. The maximum atomic E-state index is 12.5. The van der Waals surface area contributed by atoms with Gasteiger partial charge in [-0.3, -0.25) is 9.59 Å². The van der Waals surface area contributed by atoms with Crippen LogP contribution in [0.5, 0.6) is 0 Å². The molecule has 1 fully saturated rings. The number of carbonyl (C=O) groups excluding carboxylic acids is 2. The Morgan fingerprint density at radius 2 is 2.27 bits per heavy atom. The van der Waals surface area contributed by atoms with Crippen LogP contribution in [0.2, 0.25) is 0 Å². The van der Waals surface area contributed by atoms with Crippen molar-refractivity contribution in [3.8, 4) is 0 Å². The Hall–Kier alpha value is -1.92. The Morgan fingerprint density at radius 3 is 3.12 bits per heavy atom. The van der Waals surface area contributed by atoms with Crippen LogP contribution in [0.1, 0.15) is 57.7 Å². The number of amides is 2. The SMILES string of the molecule is O=C(NCCCC[C@H]1CCCO1)c1ccc2sc3c(c2c1)CCNC3=O. The smallest absolute Gasteiger partial charge is 0.261 e. The first-order valence-corrected chi connectivity index (χ1v) is 10.3. The zero-order valence-electron chi connectivity index (χ0n) is 14.8. The molecule has 0 saturated carbocycles. The lowest BCUT2D eigenvalue weighted by molar-refractivity contribution is 0.0940. The number of rotatable bonds is 6. The minimum absolute atomic E-state index is 0.00435. The molecule has 5 nitrogen and oxygen atoms in total. The fourth-order valence-corrected chi connectivity index (χ4v) is 4.92. The van der Waals surface area contributed by atoms with Gasteiger partial charge in [-0.15, -0.1) is 11.3 Å². The summed E-state index contributed by atoms with van der Waals surface area (Å²) in [5.74, 6) is -0.0334. The fraction of sp³-hybridized carbons (Fsp3) is 0.500. The highest BCUT2D eigenvalue weighted by Gasteiger charge is 2.22. The van der Waals surface area contributed by atoms with E-state index in [0.29, 0.717) is 24.8 Å². The number of hydrogen-bond acceptors (Lipinski definition) is 4. The van der Waals surface area contributed by atoms with Crippen LogP contribution in [0, 0.1) is 0 Å². The second kappa shape index (κ2) is 7.76. The van der Waals surface area contributed by atoms with Crippen LogP contribution >= 0.6 is 11.3 Å². The number of ether oxygens (including phenoxy) is 1. The number of carbonyl (C=O) groups is 2. The second-order valence-electron chi connectivity index (χ2n) is 7.01. The molecule has 6 heteroatoms. The third kappa shape index (κ3) is 3.62. The summed E-state index contributed by atoms with van der Waals surface area (Å²) in [6.45, 7) is 2.25. The predicted molar refractivity (Wildman–Crippen MR) is 103 cm³/mol. The molecule has 0 aliphatic carbocycles. The minimum Gasteiger partial charge on any atom is -0.378 e. The van der Waals surface area contributed by atoms with Crippen molar-refractivity contribution < 1.29 is 14.3 Å². The van der Waals surface area contributed by atoms with Crippen molar-refractivity contribution in [2.45, 2.75) is 44.6 Å². The number of thiophene rings is 1. The molecule has 0 radical (unpaired) electrons. The molecular formula is C20H24N2O3S. The molecule has 2 aromatic rings. The average Bonchev–Trinajstić information content (AvgIpc) is 3.29. The molecule has 3 heterocycles. The van der Waals surface area contributed by atoms with E-state index in [1.807, 2.05) is 18.2 Å². The Morgan fingerprint density at radius 1 is 1.35 bits per heavy atom. The summed E-state index contributed by atoms with van der Waals surface area (Å²) in [6, 6.07) is 5.74. The van der Waals surface area contributed by atoms with Crippen LogP contribution < -0.4 is 10.6 Å². The molecule has 0 bridgehead atoms. The number of hydrogen-bond donors (Lipinski definition) is 2. The quantitative estimate of drug-likeness (QED) is 0.765. The van der Waals surface area contributed by atoms with E-state index in [0.717, 1.165) is 52.8 Å². The largest absolute Gasteiger partial charge is 0.378 e. The fourth-order valence-electron chi connectivity index (χ4n) is 3.78. The molecule has 1 saturated heterocycles.